The smallest absolute Gasteiger partial charge is 0.294 e. The monoisotopic (exact) mass is 369 g/mol. The van der Waals surface area contributed by atoms with Gasteiger partial charge in [-0.3, -0.25) is 14.9 Å². The molecule has 0 aliphatic heterocycles. The van der Waals surface area contributed by atoms with Crippen LogP contribution >= 0.6 is 38.5 Å². The molecule has 0 unspecified atom stereocenters. The molecule has 14 heavy (non-hydrogen) atoms. The van der Waals surface area contributed by atoms with Crippen molar-refractivity contribution in [3.05, 3.63) is 35.9 Å². The number of carbonyl (C=O) groups excluding carboxylic acids is 1. The van der Waals surface area contributed by atoms with Crippen molar-refractivity contribution in [3.8, 4) is 0 Å². The van der Waals surface area contributed by atoms with Gasteiger partial charge in [0.25, 0.3) is 5.69 Å². The molecule has 1 rings (SSSR count). The number of benzene rings is 1. The predicted molar refractivity (Wildman–Crippen MR) is 63.5 cm³/mol. The molecule has 0 saturated carbocycles. The zero-order valence-electron chi connectivity index (χ0n) is 7.08. The Hall–Kier alpha value is -0.500. The lowest BCUT2D eigenvalue weighted by atomic mass is 10.1. The highest BCUT2D eigenvalue weighted by Crippen LogP contribution is 2.33. The number of ketones is 1. The number of nitrogens with zero attached hydrogens (tertiary/aromatic N) is 1. The van der Waals surface area contributed by atoms with Crippen LogP contribution in [0.5, 0.6) is 0 Å². The van der Waals surface area contributed by atoms with Crippen LogP contribution in [0.3, 0.4) is 0 Å². The van der Waals surface area contributed by atoms with Gasteiger partial charge in [0.1, 0.15) is 4.47 Å². The quantitative estimate of drug-likeness (QED) is 0.348. The molecule has 74 valence electrons. The molecule has 0 aromatic heterocycles. The van der Waals surface area contributed by atoms with Gasteiger partial charge in [0.15, 0.2) is 5.78 Å². The number of nitro benzene ring substituents is 1. The Kier molecular flexibility index (Phi) is 3.59. The first-order valence-electron chi connectivity index (χ1n) is 3.58. The number of carbonyl (C=O) groups is 1. The highest BCUT2D eigenvalue weighted by atomic mass is 127. The van der Waals surface area contributed by atoms with E-state index in [4.69, 9.17) is 0 Å². The van der Waals surface area contributed by atoms with Crippen molar-refractivity contribution >= 4 is 50.0 Å². The molecular formula is C8H5BrINO3. The van der Waals surface area contributed by atoms with Gasteiger partial charge in [0, 0.05) is 3.57 Å². The van der Waals surface area contributed by atoms with E-state index in [1.54, 1.807) is 6.07 Å². The molecule has 0 saturated heterocycles. The van der Waals surface area contributed by atoms with Gasteiger partial charge in [-0.25, -0.2) is 0 Å². The molecule has 0 N–H and O–H groups in total. The molecule has 0 amide bonds. The summed E-state index contributed by atoms with van der Waals surface area (Å²) in [5, 5.41) is 10.7. The standard InChI is InChI=1S/C8H5BrINO3/c1-4(12)5-2-3-6(10)7(9)8(5)11(13)14/h2-3H,1H3. The Labute approximate surface area is 102 Å². The number of halogens is 2. The number of hydrogen-bond donors (Lipinski definition) is 0. The second kappa shape index (κ2) is 4.35. The summed E-state index contributed by atoms with van der Waals surface area (Å²) in [5.41, 5.74) is -0.0355. The van der Waals surface area contributed by atoms with Gasteiger partial charge >= 0.3 is 0 Å². The Morgan fingerprint density at radius 3 is 2.57 bits per heavy atom. The molecule has 4 nitrogen and oxygen atoms in total. The first-order valence-corrected chi connectivity index (χ1v) is 5.45. The van der Waals surface area contributed by atoms with Crippen molar-refractivity contribution in [3.63, 3.8) is 0 Å². The lowest BCUT2D eigenvalue weighted by Gasteiger charge is -2.02. The van der Waals surface area contributed by atoms with Crippen molar-refractivity contribution in [2.45, 2.75) is 6.92 Å². The van der Waals surface area contributed by atoms with E-state index < -0.39 is 4.92 Å². The maximum Gasteiger partial charge on any atom is 0.295 e. The fraction of sp³-hybridized carbons (Fsp3) is 0.125. The zero-order chi connectivity index (χ0) is 10.9. The van der Waals surface area contributed by atoms with Crippen molar-refractivity contribution in [2.24, 2.45) is 0 Å². The molecule has 0 aliphatic rings. The number of hydrogen-bond acceptors (Lipinski definition) is 3. The van der Waals surface area contributed by atoms with Crippen LogP contribution in [0, 0.1) is 13.7 Å². The second-order valence-corrected chi connectivity index (χ2v) is 4.53. The lowest BCUT2D eigenvalue weighted by Crippen LogP contribution is -2.01. The van der Waals surface area contributed by atoms with Gasteiger partial charge in [-0.1, -0.05) is 0 Å². The minimum Gasteiger partial charge on any atom is -0.294 e. The molecule has 0 spiro atoms. The van der Waals surface area contributed by atoms with Crippen LogP contribution in [0.2, 0.25) is 0 Å². The third-order valence-electron chi connectivity index (χ3n) is 1.63. The van der Waals surface area contributed by atoms with Crippen LogP contribution in [-0.4, -0.2) is 10.7 Å². The SMILES string of the molecule is CC(=O)c1ccc(I)c(Br)c1[N+](=O)[O-]. The fourth-order valence-electron chi connectivity index (χ4n) is 1.00. The molecular weight excluding hydrogens is 365 g/mol. The van der Waals surface area contributed by atoms with Gasteiger partial charge in [-0.15, -0.1) is 0 Å². The fourth-order valence-corrected chi connectivity index (χ4v) is 1.93. The minimum absolute atomic E-state index is 0.127. The van der Waals surface area contributed by atoms with Crippen molar-refractivity contribution in [1.29, 1.82) is 0 Å². The average molecular weight is 370 g/mol. The molecule has 0 fully saturated rings. The van der Waals surface area contributed by atoms with Gasteiger partial charge in [-0.2, -0.15) is 0 Å². The van der Waals surface area contributed by atoms with Gasteiger partial charge in [-0.05, 0) is 57.6 Å². The van der Waals surface area contributed by atoms with Crippen LogP contribution in [0.4, 0.5) is 5.69 Å². The van der Waals surface area contributed by atoms with Crippen LogP contribution < -0.4 is 0 Å². The minimum atomic E-state index is -0.553. The Bertz CT molecular complexity index is 419. The summed E-state index contributed by atoms with van der Waals surface area (Å²) in [6.07, 6.45) is 0. The zero-order valence-corrected chi connectivity index (χ0v) is 10.8. The highest BCUT2D eigenvalue weighted by Gasteiger charge is 2.22. The first-order chi connectivity index (χ1) is 6.45. The highest BCUT2D eigenvalue weighted by molar-refractivity contribution is 14.1. The normalized spacial score (nSPS) is 9.93. The number of Topliss-reactive ketones (excluding diaryl/α,β-unsaturated/α-hetero) is 1. The summed E-state index contributed by atoms with van der Waals surface area (Å²) in [6, 6.07) is 3.13. The molecule has 0 aliphatic carbocycles. The average Bonchev–Trinajstić information content (AvgIpc) is 2.08. The van der Waals surface area contributed by atoms with Crippen LogP contribution in [-0.2, 0) is 0 Å². The van der Waals surface area contributed by atoms with E-state index >= 15 is 0 Å². The van der Waals surface area contributed by atoms with Crippen LogP contribution in [0.15, 0.2) is 16.6 Å². The van der Waals surface area contributed by atoms with Crippen LogP contribution in [0.1, 0.15) is 17.3 Å². The molecule has 1 aromatic carbocycles. The van der Waals surface area contributed by atoms with E-state index in [1.807, 2.05) is 22.6 Å². The summed E-state index contributed by atoms with van der Waals surface area (Å²) < 4.78 is 1.06. The third-order valence-corrected chi connectivity index (χ3v) is 4.07. The summed E-state index contributed by atoms with van der Waals surface area (Å²) in [4.78, 5) is 21.3. The summed E-state index contributed by atoms with van der Waals surface area (Å²) in [6.45, 7) is 1.31. The van der Waals surface area contributed by atoms with E-state index in [1.165, 1.54) is 13.0 Å². The van der Waals surface area contributed by atoms with E-state index in [9.17, 15) is 14.9 Å². The van der Waals surface area contributed by atoms with Gasteiger partial charge in [0.05, 0.1) is 10.5 Å². The topological polar surface area (TPSA) is 60.2 Å². The molecule has 1 aromatic rings. The Morgan fingerprint density at radius 2 is 2.14 bits per heavy atom. The van der Waals surface area contributed by atoms with E-state index in [0.717, 1.165) is 0 Å². The number of rotatable bonds is 2. The third kappa shape index (κ3) is 2.11. The molecule has 0 heterocycles. The molecule has 0 bridgehead atoms. The summed E-state index contributed by atoms with van der Waals surface area (Å²) in [7, 11) is 0. The van der Waals surface area contributed by atoms with Crippen molar-refractivity contribution in [1.82, 2.24) is 0 Å². The second-order valence-electron chi connectivity index (χ2n) is 2.57. The van der Waals surface area contributed by atoms with E-state index in [2.05, 4.69) is 15.9 Å². The lowest BCUT2D eigenvalue weighted by molar-refractivity contribution is -0.386. The maximum absolute atomic E-state index is 11.1. The van der Waals surface area contributed by atoms with Gasteiger partial charge in [0.2, 0.25) is 0 Å². The summed E-state index contributed by atoms with van der Waals surface area (Å²) >= 11 is 5.06. The Morgan fingerprint density at radius 1 is 1.57 bits per heavy atom. The van der Waals surface area contributed by atoms with Gasteiger partial charge < -0.3 is 0 Å². The maximum atomic E-state index is 11.1. The van der Waals surface area contributed by atoms with E-state index in [0.29, 0.717) is 8.04 Å². The Balaban J connectivity index is 3.53. The number of nitro groups is 1. The first kappa shape index (κ1) is 11.6. The van der Waals surface area contributed by atoms with E-state index in [-0.39, 0.29) is 17.0 Å². The summed E-state index contributed by atoms with van der Waals surface area (Å²) in [5.74, 6) is -0.311. The van der Waals surface area contributed by atoms with Crippen molar-refractivity contribution in [2.75, 3.05) is 0 Å². The van der Waals surface area contributed by atoms with Crippen molar-refractivity contribution < 1.29 is 9.72 Å². The molecule has 0 atom stereocenters. The predicted octanol–water partition coefficient (Wildman–Crippen LogP) is 3.16. The largest absolute Gasteiger partial charge is 0.295 e. The molecule has 6 heteroatoms. The molecule has 0 radical (unpaired) electrons. The van der Waals surface area contributed by atoms with Crippen LogP contribution in [0.25, 0.3) is 0 Å².